The van der Waals surface area contributed by atoms with Crippen LogP contribution < -0.4 is 5.73 Å². The number of rotatable bonds is 2. The molecule has 3 aliphatic rings. The van der Waals surface area contributed by atoms with Crippen LogP contribution in [0.2, 0.25) is 0 Å². The minimum absolute atomic E-state index is 0.505. The minimum atomic E-state index is 0.505. The van der Waals surface area contributed by atoms with Gasteiger partial charge in [0, 0.05) is 25.7 Å². The van der Waals surface area contributed by atoms with Gasteiger partial charge in [-0.2, -0.15) is 0 Å². The molecule has 1 heterocycles. The van der Waals surface area contributed by atoms with Crippen LogP contribution in [0.5, 0.6) is 0 Å². The Bertz CT molecular complexity index is 295. The molecule has 90 valence electrons. The molecule has 0 aromatic heterocycles. The molecule has 2 bridgehead atoms. The Balaban J connectivity index is 1.61. The predicted molar refractivity (Wildman–Crippen MR) is 67.1 cm³/mol. The summed E-state index contributed by atoms with van der Waals surface area (Å²) in [6, 6.07) is 0.505. The molecular formula is C14H24N2. The Kier molecular flexibility index (Phi) is 2.80. The van der Waals surface area contributed by atoms with Crippen LogP contribution in [0.15, 0.2) is 11.6 Å². The summed E-state index contributed by atoms with van der Waals surface area (Å²) in [4.78, 5) is 2.63. The summed E-state index contributed by atoms with van der Waals surface area (Å²) in [6.07, 6.45) is 7.90. The van der Waals surface area contributed by atoms with Gasteiger partial charge in [0.25, 0.3) is 0 Å². The normalized spacial score (nSPS) is 43.8. The lowest BCUT2D eigenvalue weighted by Gasteiger charge is -2.35. The van der Waals surface area contributed by atoms with E-state index >= 15 is 0 Å². The van der Waals surface area contributed by atoms with Gasteiger partial charge in [0.2, 0.25) is 0 Å². The van der Waals surface area contributed by atoms with E-state index in [1.54, 1.807) is 5.57 Å². The van der Waals surface area contributed by atoms with Gasteiger partial charge in [0.1, 0.15) is 0 Å². The summed E-state index contributed by atoms with van der Waals surface area (Å²) in [5.74, 6) is 2.60. The fourth-order valence-electron chi connectivity index (χ4n) is 4.17. The van der Waals surface area contributed by atoms with Gasteiger partial charge in [0.05, 0.1) is 0 Å². The zero-order valence-electron chi connectivity index (χ0n) is 10.4. The second kappa shape index (κ2) is 4.15. The Morgan fingerprint density at radius 3 is 2.88 bits per heavy atom. The molecule has 3 rings (SSSR count). The molecule has 4 atom stereocenters. The van der Waals surface area contributed by atoms with Crippen LogP contribution >= 0.6 is 0 Å². The maximum absolute atomic E-state index is 6.37. The Hall–Kier alpha value is -0.340. The van der Waals surface area contributed by atoms with Crippen molar-refractivity contribution in [2.75, 3.05) is 19.6 Å². The van der Waals surface area contributed by atoms with E-state index in [-0.39, 0.29) is 0 Å². The first-order valence-corrected chi connectivity index (χ1v) is 6.87. The summed E-state index contributed by atoms with van der Waals surface area (Å²) < 4.78 is 0. The number of nitrogens with two attached hydrogens (primary N) is 1. The first kappa shape index (κ1) is 10.8. The summed E-state index contributed by atoms with van der Waals surface area (Å²) in [5, 5.41) is 0. The number of hydrogen-bond donors (Lipinski definition) is 1. The number of nitrogens with zero attached hydrogens (tertiary/aromatic N) is 1. The second-order valence-electron chi connectivity index (χ2n) is 6.15. The van der Waals surface area contributed by atoms with E-state index in [4.69, 9.17) is 5.73 Å². The van der Waals surface area contributed by atoms with Crippen LogP contribution in [-0.4, -0.2) is 30.6 Å². The molecule has 0 saturated heterocycles. The maximum atomic E-state index is 6.37. The highest BCUT2D eigenvalue weighted by Crippen LogP contribution is 2.47. The average molecular weight is 220 g/mol. The fraction of sp³-hybridized carbons (Fsp3) is 0.857. The molecule has 2 saturated carbocycles. The van der Waals surface area contributed by atoms with E-state index in [1.807, 2.05) is 0 Å². The van der Waals surface area contributed by atoms with Gasteiger partial charge in [-0.3, -0.25) is 4.90 Å². The van der Waals surface area contributed by atoms with Gasteiger partial charge in [0.15, 0.2) is 0 Å². The first-order chi connectivity index (χ1) is 7.74. The van der Waals surface area contributed by atoms with E-state index in [0.717, 1.165) is 17.8 Å². The van der Waals surface area contributed by atoms with E-state index < -0.39 is 0 Å². The van der Waals surface area contributed by atoms with Crippen molar-refractivity contribution in [2.24, 2.45) is 23.5 Å². The number of hydrogen-bond acceptors (Lipinski definition) is 2. The minimum Gasteiger partial charge on any atom is -0.327 e. The van der Waals surface area contributed by atoms with Crippen LogP contribution in [-0.2, 0) is 0 Å². The molecule has 1 aliphatic heterocycles. The number of fused-ring (bicyclic) bond motifs is 2. The molecule has 2 heteroatoms. The van der Waals surface area contributed by atoms with Crippen molar-refractivity contribution in [1.82, 2.24) is 4.90 Å². The molecular weight excluding hydrogens is 196 g/mol. The maximum Gasteiger partial charge on any atom is 0.0190 e. The van der Waals surface area contributed by atoms with Crippen molar-refractivity contribution >= 4 is 0 Å². The highest BCUT2D eigenvalue weighted by atomic mass is 15.1. The largest absolute Gasteiger partial charge is 0.327 e. The summed E-state index contributed by atoms with van der Waals surface area (Å²) in [5.41, 5.74) is 7.92. The lowest BCUT2D eigenvalue weighted by molar-refractivity contribution is 0.181. The third-order valence-electron chi connectivity index (χ3n) is 5.04. The van der Waals surface area contributed by atoms with Gasteiger partial charge >= 0.3 is 0 Å². The molecule has 2 aliphatic carbocycles. The van der Waals surface area contributed by atoms with Gasteiger partial charge in [-0.25, -0.2) is 0 Å². The zero-order chi connectivity index (χ0) is 11.1. The Labute approximate surface area is 98.9 Å². The lowest BCUT2D eigenvalue weighted by atomic mass is 9.84. The molecule has 2 fully saturated rings. The quantitative estimate of drug-likeness (QED) is 0.721. The third-order valence-corrected chi connectivity index (χ3v) is 5.04. The van der Waals surface area contributed by atoms with Crippen molar-refractivity contribution < 1.29 is 0 Å². The Morgan fingerprint density at radius 1 is 1.38 bits per heavy atom. The van der Waals surface area contributed by atoms with Crippen LogP contribution in [0.3, 0.4) is 0 Å². The van der Waals surface area contributed by atoms with Crippen LogP contribution in [0, 0.1) is 17.8 Å². The van der Waals surface area contributed by atoms with Crippen molar-refractivity contribution in [3.05, 3.63) is 11.6 Å². The molecule has 0 amide bonds. The molecule has 0 aromatic rings. The van der Waals surface area contributed by atoms with E-state index in [2.05, 4.69) is 17.9 Å². The smallest absolute Gasteiger partial charge is 0.0190 e. The molecule has 0 radical (unpaired) electrons. The molecule has 2 N–H and O–H groups in total. The van der Waals surface area contributed by atoms with E-state index in [9.17, 15) is 0 Å². The monoisotopic (exact) mass is 220 g/mol. The average Bonchev–Trinajstić information content (AvgIpc) is 2.82. The van der Waals surface area contributed by atoms with E-state index in [0.29, 0.717) is 6.04 Å². The first-order valence-electron chi connectivity index (χ1n) is 6.87. The topological polar surface area (TPSA) is 29.3 Å². The van der Waals surface area contributed by atoms with Crippen molar-refractivity contribution in [3.63, 3.8) is 0 Å². The second-order valence-corrected chi connectivity index (χ2v) is 6.15. The van der Waals surface area contributed by atoms with Crippen LogP contribution in [0.1, 0.15) is 32.6 Å². The standard InChI is InChI=1S/C14H24N2/c1-10-3-2-6-16(8-10)9-13-11-4-5-12(7-11)14(13)15/h3,11-14H,2,4-9,15H2,1H3. The molecule has 0 spiro atoms. The third kappa shape index (κ3) is 1.82. The van der Waals surface area contributed by atoms with Crippen LogP contribution in [0.4, 0.5) is 0 Å². The summed E-state index contributed by atoms with van der Waals surface area (Å²) >= 11 is 0. The zero-order valence-corrected chi connectivity index (χ0v) is 10.4. The Morgan fingerprint density at radius 2 is 2.19 bits per heavy atom. The fourth-order valence-corrected chi connectivity index (χ4v) is 4.17. The molecule has 16 heavy (non-hydrogen) atoms. The predicted octanol–water partition coefficient (Wildman–Crippen LogP) is 2.01. The van der Waals surface area contributed by atoms with Crippen LogP contribution in [0.25, 0.3) is 0 Å². The van der Waals surface area contributed by atoms with Crippen molar-refractivity contribution in [1.29, 1.82) is 0 Å². The van der Waals surface area contributed by atoms with Gasteiger partial charge in [-0.15, -0.1) is 0 Å². The molecule has 4 unspecified atom stereocenters. The highest BCUT2D eigenvalue weighted by molar-refractivity contribution is 5.06. The van der Waals surface area contributed by atoms with Crippen molar-refractivity contribution in [3.8, 4) is 0 Å². The highest BCUT2D eigenvalue weighted by Gasteiger charge is 2.45. The molecule has 2 nitrogen and oxygen atoms in total. The summed E-state index contributed by atoms with van der Waals surface area (Å²) in [6.45, 7) is 5.94. The van der Waals surface area contributed by atoms with Crippen molar-refractivity contribution in [2.45, 2.75) is 38.6 Å². The lowest BCUT2D eigenvalue weighted by Crippen LogP contribution is -2.44. The van der Waals surface area contributed by atoms with Gasteiger partial charge in [-0.1, -0.05) is 11.6 Å². The SMILES string of the molecule is CC1=CCCN(CC2C3CCC(C3)C2N)C1. The van der Waals surface area contributed by atoms with Gasteiger partial charge in [-0.05, 0) is 50.4 Å². The summed E-state index contributed by atoms with van der Waals surface area (Å²) in [7, 11) is 0. The molecule has 0 aromatic carbocycles. The van der Waals surface area contributed by atoms with E-state index in [1.165, 1.54) is 45.3 Å². The van der Waals surface area contributed by atoms with Gasteiger partial charge < -0.3 is 5.73 Å².